The summed E-state index contributed by atoms with van der Waals surface area (Å²) in [7, 11) is 0. The van der Waals surface area contributed by atoms with Crippen LogP contribution in [0.15, 0.2) is 18.2 Å². The summed E-state index contributed by atoms with van der Waals surface area (Å²) in [4.78, 5) is 11.9. The summed E-state index contributed by atoms with van der Waals surface area (Å²) in [5, 5.41) is 3.55. The highest BCUT2D eigenvalue weighted by Crippen LogP contribution is 2.27. The predicted molar refractivity (Wildman–Crippen MR) is 81.5 cm³/mol. The number of amides is 1. The maximum Gasteiger partial charge on any atom is 0.258 e. The molecule has 1 heterocycles. The number of ether oxygens (including phenoxy) is 2. The molecule has 1 saturated heterocycles. The van der Waals surface area contributed by atoms with Gasteiger partial charge in [-0.15, -0.1) is 0 Å². The molecule has 1 aromatic rings. The zero-order valence-electron chi connectivity index (χ0n) is 12.1. The van der Waals surface area contributed by atoms with Crippen molar-refractivity contribution in [2.75, 3.05) is 19.8 Å². The van der Waals surface area contributed by atoms with Gasteiger partial charge < -0.3 is 20.5 Å². The summed E-state index contributed by atoms with van der Waals surface area (Å²) in [5.41, 5.74) is 6.68. The average molecular weight is 313 g/mol. The van der Waals surface area contributed by atoms with Crippen LogP contribution >= 0.6 is 11.6 Å². The second-order valence-electron chi connectivity index (χ2n) is 5.21. The molecular weight excluding hydrogens is 292 g/mol. The van der Waals surface area contributed by atoms with E-state index < -0.39 is 0 Å². The van der Waals surface area contributed by atoms with E-state index in [1.54, 1.807) is 18.2 Å². The molecule has 0 saturated carbocycles. The van der Waals surface area contributed by atoms with E-state index in [1.807, 2.05) is 6.92 Å². The van der Waals surface area contributed by atoms with E-state index in [9.17, 15) is 4.79 Å². The lowest BCUT2D eigenvalue weighted by molar-refractivity contribution is -0.124. The minimum Gasteiger partial charge on any atom is -0.483 e. The fourth-order valence-electron chi connectivity index (χ4n) is 2.26. The lowest BCUT2D eigenvalue weighted by atomic mass is 10.1. The Hall–Kier alpha value is -1.30. The maximum atomic E-state index is 11.9. The molecule has 0 aliphatic carbocycles. The molecule has 0 unspecified atom stereocenters. The summed E-state index contributed by atoms with van der Waals surface area (Å²) in [5.74, 6) is 0.462. The van der Waals surface area contributed by atoms with Gasteiger partial charge in [0.25, 0.3) is 5.91 Å². The van der Waals surface area contributed by atoms with Crippen molar-refractivity contribution < 1.29 is 14.3 Å². The van der Waals surface area contributed by atoms with Gasteiger partial charge in [-0.1, -0.05) is 11.6 Å². The Labute approximate surface area is 129 Å². The van der Waals surface area contributed by atoms with Gasteiger partial charge in [-0.05, 0) is 38.0 Å². The lowest BCUT2D eigenvalue weighted by Crippen LogP contribution is -2.41. The first-order valence-corrected chi connectivity index (χ1v) is 7.49. The van der Waals surface area contributed by atoms with Crippen LogP contribution in [0.3, 0.4) is 0 Å². The summed E-state index contributed by atoms with van der Waals surface area (Å²) in [6.45, 7) is 3.20. The van der Waals surface area contributed by atoms with Crippen LogP contribution in [0.5, 0.6) is 5.75 Å². The van der Waals surface area contributed by atoms with E-state index in [1.165, 1.54) is 0 Å². The minimum atomic E-state index is -0.211. The average Bonchev–Trinajstić information content (AvgIpc) is 2.47. The highest BCUT2D eigenvalue weighted by atomic mass is 35.5. The summed E-state index contributed by atoms with van der Waals surface area (Å²) in [6, 6.07) is 5.19. The fourth-order valence-corrected chi connectivity index (χ4v) is 2.44. The molecule has 116 valence electrons. The Morgan fingerprint density at radius 1 is 1.52 bits per heavy atom. The second kappa shape index (κ2) is 7.64. The first-order valence-electron chi connectivity index (χ1n) is 7.11. The van der Waals surface area contributed by atoms with Crippen LogP contribution in [0.4, 0.5) is 0 Å². The number of carbonyl (C=O) groups excluding carboxylic acids is 1. The van der Waals surface area contributed by atoms with Crippen molar-refractivity contribution >= 4 is 17.5 Å². The Kier molecular flexibility index (Phi) is 5.85. The zero-order valence-corrected chi connectivity index (χ0v) is 12.9. The lowest BCUT2D eigenvalue weighted by Gasteiger charge is -2.23. The molecule has 21 heavy (non-hydrogen) atoms. The molecule has 1 amide bonds. The molecule has 0 spiro atoms. The van der Waals surface area contributed by atoms with E-state index in [4.69, 9.17) is 26.8 Å². The van der Waals surface area contributed by atoms with Gasteiger partial charge in [-0.3, -0.25) is 4.79 Å². The molecular formula is C15H21ClN2O3. The molecule has 1 aliphatic rings. The van der Waals surface area contributed by atoms with Gasteiger partial charge in [0.1, 0.15) is 5.75 Å². The van der Waals surface area contributed by atoms with Gasteiger partial charge in [0.2, 0.25) is 0 Å². The highest BCUT2D eigenvalue weighted by Gasteiger charge is 2.17. The molecule has 0 aromatic heterocycles. The number of hydrogen-bond donors (Lipinski definition) is 2. The van der Waals surface area contributed by atoms with E-state index in [0.29, 0.717) is 24.0 Å². The van der Waals surface area contributed by atoms with Crippen molar-refractivity contribution in [3.8, 4) is 5.75 Å². The molecule has 6 heteroatoms. The van der Waals surface area contributed by atoms with E-state index >= 15 is 0 Å². The molecule has 0 radical (unpaired) electrons. The Morgan fingerprint density at radius 3 is 2.90 bits per heavy atom. The van der Waals surface area contributed by atoms with Crippen molar-refractivity contribution in [1.29, 1.82) is 0 Å². The largest absolute Gasteiger partial charge is 0.483 e. The topological polar surface area (TPSA) is 73.6 Å². The standard InChI is InChI=1S/C15H21ClN2O3/c1-10(17)13-8-11(16)2-3-14(13)21-9-15(19)18-12-4-6-20-7-5-12/h2-3,8,10,12H,4-7,9,17H2,1H3,(H,18,19)/t10-/m0/s1. The minimum absolute atomic E-state index is 0.0291. The van der Waals surface area contributed by atoms with Crippen molar-refractivity contribution in [3.05, 3.63) is 28.8 Å². The maximum absolute atomic E-state index is 11.9. The SMILES string of the molecule is C[C@H](N)c1cc(Cl)ccc1OCC(=O)NC1CCOCC1. The zero-order chi connectivity index (χ0) is 15.2. The van der Waals surface area contributed by atoms with Crippen LogP contribution in [0.25, 0.3) is 0 Å². The Balaban J connectivity index is 1.88. The molecule has 3 N–H and O–H groups in total. The van der Waals surface area contributed by atoms with Gasteiger partial charge >= 0.3 is 0 Å². The fraction of sp³-hybridized carbons (Fsp3) is 0.533. The van der Waals surface area contributed by atoms with Crippen LogP contribution < -0.4 is 15.8 Å². The van der Waals surface area contributed by atoms with Gasteiger partial charge in [-0.2, -0.15) is 0 Å². The number of benzene rings is 1. The smallest absolute Gasteiger partial charge is 0.258 e. The van der Waals surface area contributed by atoms with Crippen LogP contribution in [-0.4, -0.2) is 31.8 Å². The van der Waals surface area contributed by atoms with Crippen LogP contribution in [0, 0.1) is 0 Å². The van der Waals surface area contributed by atoms with Gasteiger partial charge in [0.15, 0.2) is 6.61 Å². The molecule has 5 nitrogen and oxygen atoms in total. The van der Waals surface area contributed by atoms with Crippen molar-refractivity contribution in [2.24, 2.45) is 5.73 Å². The Morgan fingerprint density at radius 2 is 2.24 bits per heavy atom. The quantitative estimate of drug-likeness (QED) is 0.872. The van der Waals surface area contributed by atoms with Crippen molar-refractivity contribution in [1.82, 2.24) is 5.32 Å². The van der Waals surface area contributed by atoms with E-state index in [0.717, 1.165) is 18.4 Å². The van der Waals surface area contributed by atoms with Gasteiger partial charge in [-0.25, -0.2) is 0 Å². The Bertz CT molecular complexity index is 488. The molecule has 1 aromatic carbocycles. The molecule has 1 aliphatic heterocycles. The van der Waals surface area contributed by atoms with Crippen molar-refractivity contribution in [2.45, 2.75) is 31.8 Å². The molecule has 2 rings (SSSR count). The number of nitrogens with one attached hydrogen (secondary N) is 1. The monoisotopic (exact) mass is 312 g/mol. The highest BCUT2D eigenvalue weighted by molar-refractivity contribution is 6.30. The number of nitrogens with two attached hydrogens (primary N) is 1. The van der Waals surface area contributed by atoms with Crippen LogP contribution in [0.1, 0.15) is 31.4 Å². The van der Waals surface area contributed by atoms with E-state index in [2.05, 4.69) is 5.32 Å². The van der Waals surface area contributed by atoms with Crippen LogP contribution in [-0.2, 0) is 9.53 Å². The van der Waals surface area contributed by atoms with Gasteiger partial charge in [0, 0.05) is 35.9 Å². The van der Waals surface area contributed by atoms with Crippen LogP contribution in [0.2, 0.25) is 5.02 Å². The molecule has 0 bridgehead atoms. The third kappa shape index (κ3) is 4.88. The number of rotatable bonds is 5. The predicted octanol–water partition coefficient (Wildman–Crippen LogP) is 2.03. The number of halogens is 1. The van der Waals surface area contributed by atoms with E-state index in [-0.39, 0.29) is 24.6 Å². The summed E-state index contributed by atoms with van der Waals surface area (Å²) < 4.78 is 10.8. The summed E-state index contributed by atoms with van der Waals surface area (Å²) in [6.07, 6.45) is 1.69. The third-order valence-corrected chi connectivity index (χ3v) is 3.64. The van der Waals surface area contributed by atoms with Gasteiger partial charge in [0.05, 0.1) is 0 Å². The second-order valence-corrected chi connectivity index (χ2v) is 5.65. The molecule has 1 fully saturated rings. The number of carbonyl (C=O) groups is 1. The molecule has 1 atom stereocenters. The first-order chi connectivity index (χ1) is 10.1. The number of hydrogen-bond acceptors (Lipinski definition) is 4. The third-order valence-electron chi connectivity index (χ3n) is 3.41. The van der Waals surface area contributed by atoms with Crippen molar-refractivity contribution in [3.63, 3.8) is 0 Å². The normalized spacial score (nSPS) is 17.3. The first kappa shape index (κ1) is 16.1. The summed E-state index contributed by atoms with van der Waals surface area (Å²) >= 11 is 5.95.